The van der Waals surface area contributed by atoms with Gasteiger partial charge in [0.1, 0.15) is 0 Å². The first-order chi connectivity index (χ1) is 13.4. The van der Waals surface area contributed by atoms with Crippen molar-refractivity contribution in [1.82, 2.24) is 14.6 Å². The smallest absolute Gasteiger partial charge is 0.325 e. The van der Waals surface area contributed by atoms with Gasteiger partial charge in [0.05, 0.1) is 16.4 Å². The molecule has 12 heteroatoms. The molecular formula is C17H12F6N4OS. The lowest BCUT2D eigenvalue weighted by Crippen LogP contribution is -2.22. The summed E-state index contributed by atoms with van der Waals surface area (Å²) >= 11 is 0.864. The van der Waals surface area contributed by atoms with Crippen LogP contribution in [0.15, 0.2) is 47.8 Å². The number of nitrogens with one attached hydrogen (secondary N) is 1. The summed E-state index contributed by atoms with van der Waals surface area (Å²) in [6.07, 6.45) is -8.21. The van der Waals surface area contributed by atoms with Crippen molar-refractivity contribution in [2.75, 3.05) is 5.32 Å². The van der Waals surface area contributed by atoms with Crippen LogP contribution in [0.4, 0.5) is 32.0 Å². The van der Waals surface area contributed by atoms with Crippen molar-refractivity contribution in [3.63, 3.8) is 0 Å². The van der Waals surface area contributed by atoms with E-state index in [0.29, 0.717) is 0 Å². The Morgan fingerprint density at radius 3 is 2.14 bits per heavy atom. The van der Waals surface area contributed by atoms with Gasteiger partial charge in [0.25, 0.3) is 0 Å². The first-order valence-electron chi connectivity index (χ1n) is 8.02. The second kappa shape index (κ2) is 7.58. The minimum atomic E-state index is -4.55. The van der Waals surface area contributed by atoms with Crippen molar-refractivity contribution >= 4 is 29.0 Å². The number of pyridine rings is 1. The fourth-order valence-electron chi connectivity index (χ4n) is 2.32. The second-order valence-electron chi connectivity index (χ2n) is 5.95. The van der Waals surface area contributed by atoms with Crippen LogP contribution in [0, 0.1) is 0 Å². The van der Waals surface area contributed by atoms with Crippen LogP contribution in [0.25, 0.3) is 5.65 Å². The molecule has 5 nitrogen and oxygen atoms in total. The molecule has 3 rings (SSSR count). The normalized spacial score (nSPS) is 13.5. The highest BCUT2D eigenvalue weighted by Crippen LogP contribution is 2.32. The maximum absolute atomic E-state index is 12.9. The Labute approximate surface area is 164 Å². The Morgan fingerprint density at radius 1 is 0.966 bits per heavy atom. The van der Waals surface area contributed by atoms with Crippen molar-refractivity contribution in [3.05, 3.63) is 53.7 Å². The number of fused-ring (bicyclic) bond motifs is 1. The molecule has 0 aliphatic heterocycles. The van der Waals surface area contributed by atoms with Gasteiger partial charge in [0.2, 0.25) is 5.91 Å². The number of amides is 1. The van der Waals surface area contributed by atoms with Gasteiger partial charge in [0, 0.05) is 11.9 Å². The van der Waals surface area contributed by atoms with Crippen LogP contribution in [0.2, 0.25) is 0 Å². The average Bonchev–Trinajstić information content (AvgIpc) is 3.03. The average molecular weight is 434 g/mol. The van der Waals surface area contributed by atoms with Crippen LogP contribution in [-0.2, 0) is 17.1 Å². The first-order valence-corrected chi connectivity index (χ1v) is 8.90. The second-order valence-corrected chi connectivity index (χ2v) is 7.26. The van der Waals surface area contributed by atoms with Crippen molar-refractivity contribution in [1.29, 1.82) is 0 Å². The lowest BCUT2D eigenvalue weighted by molar-refractivity contribution is -0.138. The van der Waals surface area contributed by atoms with E-state index >= 15 is 0 Å². The number of hydrogen-bond donors (Lipinski definition) is 1. The molecule has 1 unspecified atom stereocenters. The van der Waals surface area contributed by atoms with Crippen LogP contribution in [0.3, 0.4) is 0 Å². The lowest BCUT2D eigenvalue weighted by Gasteiger charge is -2.12. The number of halogens is 6. The van der Waals surface area contributed by atoms with Gasteiger partial charge in [-0.2, -0.15) is 26.3 Å². The Hall–Kier alpha value is -2.76. The molecule has 1 atom stereocenters. The highest BCUT2D eigenvalue weighted by atomic mass is 32.2. The number of carbonyl (C=O) groups is 1. The van der Waals surface area contributed by atoms with E-state index in [-0.39, 0.29) is 16.5 Å². The molecule has 0 saturated heterocycles. The van der Waals surface area contributed by atoms with Gasteiger partial charge in [-0.15, -0.1) is 10.2 Å². The van der Waals surface area contributed by atoms with Gasteiger partial charge in [-0.05, 0) is 43.3 Å². The standard InChI is InChI=1S/C17H12F6N4OS/c1-9(14(28)24-12-5-2-10(3-6-12)16(18,19)20)29-15-26-25-13-7-4-11(8-27(13)15)17(21,22)23/h2-9H,1H3,(H,24,28). The summed E-state index contributed by atoms with van der Waals surface area (Å²) in [4.78, 5) is 12.3. The summed E-state index contributed by atoms with van der Waals surface area (Å²) in [5.74, 6) is -0.557. The van der Waals surface area contributed by atoms with E-state index < -0.39 is 34.6 Å². The SMILES string of the molecule is CC(Sc1nnc2ccc(C(F)(F)F)cn12)C(=O)Nc1ccc(C(F)(F)F)cc1. The Kier molecular flexibility index (Phi) is 5.48. The zero-order chi connectivity index (χ0) is 21.4. The molecule has 0 aliphatic rings. The highest BCUT2D eigenvalue weighted by molar-refractivity contribution is 8.00. The number of thioether (sulfide) groups is 1. The van der Waals surface area contributed by atoms with E-state index in [1.807, 2.05) is 0 Å². The van der Waals surface area contributed by atoms with Gasteiger partial charge in [-0.3, -0.25) is 9.20 Å². The topological polar surface area (TPSA) is 59.3 Å². The fraction of sp³-hybridized carbons (Fsp3) is 0.235. The van der Waals surface area contributed by atoms with Gasteiger partial charge in [0.15, 0.2) is 10.8 Å². The molecule has 0 saturated carbocycles. The number of nitrogens with zero attached hydrogens (tertiary/aromatic N) is 3. The third-order valence-corrected chi connectivity index (χ3v) is 4.89. The van der Waals surface area contributed by atoms with Crippen molar-refractivity contribution in [2.24, 2.45) is 0 Å². The first kappa shape index (κ1) is 21.0. The molecule has 2 heterocycles. The minimum absolute atomic E-state index is 0.0705. The largest absolute Gasteiger partial charge is 0.417 e. The van der Waals surface area contributed by atoms with Crippen LogP contribution in [-0.4, -0.2) is 25.8 Å². The molecule has 154 valence electrons. The summed E-state index contributed by atoms with van der Waals surface area (Å²) in [5, 5.41) is 9.26. The summed E-state index contributed by atoms with van der Waals surface area (Å²) in [6, 6.07) is 5.92. The third-order valence-electron chi connectivity index (χ3n) is 3.83. The predicted molar refractivity (Wildman–Crippen MR) is 93.4 cm³/mol. The summed E-state index contributed by atoms with van der Waals surface area (Å²) in [7, 11) is 0. The zero-order valence-corrected chi connectivity index (χ0v) is 15.4. The summed E-state index contributed by atoms with van der Waals surface area (Å²) in [5.41, 5.74) is -1.42. The maximum atomic E-state index is 12.9. The zero-order valence-electron chi connectivity index (χ0n) is 14.5. The van der Waals surface area contributed by atoms with E-state index in [1.165, 1.54) is 6.92 Å². The Morgan fingerprint density at radius 2 is 1.55 bits per heavy atom. The van der Waals surface area contributed by atoms with Gasteiger partial charge in [-0.25, -0.2) is 0 Å². The Balaban J connectivity index is 1.72. The van der Waals surface area contributed by atoms with Crippen molar-refractivity contribution < 1.29 is 31.1 Å². The Bertz CT molecular complexity index is 1030. The molecule has 0 radical (unpaired) electrons. The monoisotopic (exact) mass is 434 g/mol. The molecule has 0 bridgehead atoms. The van der Waals surface area contributed by atoms with E-state index in [9.17, 15) is 31.1 Å². The number of aromatic nitrogens is 3. The fourth-order valence-corrected chi connectivity index (χ4v) is 3.15. The molecule has 3 aromatic rings. The number of carbonyl (C=O) groups excluding carboxylic acids is 1. The van der Waals surface area contributed by atoms with Gasteiger partial charge in [-0.1, -0.05) is 11.8 Å². The summed E-state index contributed by atoms with van der Waals surface area (Å²) in [6.45, 7) is 1.48. The predicted octanol–water partition coefficient (Wildman–Crippen LogP) is 4.89. The molecule has 0 spiro atoms. The van der Waals surface area contributed by atoms with E-state index in [4.69, 9.17) is 0 Å². The molecule has 0 fully saturated rings. The maximum Gasteiger partial charge on any atom is 0.417 e. The number of hydrogen-bond acceptors (Lipinski definition) is 4. The molecule has 0 aliphatic carbocycles. The van der Waals surface area contributed by atoms with Crippen molar-refractivity contribution in [3.8, 4) is 0 Å². The van der Waals surface area contributed by atoms with E-state index in [0.717, 1.165) is 58.8 Å². The van der Waals surface area contributed by atoms with Crippen molar-refractivity contribution in [2.45, 2.75) is 29.7 Å². The van der Waals surface area contributed by atoms with Crippen LogP contribution in [0.1, 0.15) is 18.1 Å². The highest BCUT2D eigenvalue weighted by Gasteiger charge is 2.32. The third kappa shape index (κ3) is 4.81. The quantitative estimate of drug-likeness (QED) is 0.470. The molecular weight excluding hydrogens is 422 g/mol. The van der Waals surface area contributed by atoms with E-state index in [2.05, 4.69) is 15.5 Å². The van der Waals surface area contributed by atoms with Crippen LogP contribution < -0.4 is 5.32 Å². The number of anilines is 1. The molecule has 1 amide bonds. The molecule has 1 aromatic carbocycles. The van der Waals surface area contributed by atoms with Gasteiger partial charge >= 0.3 is 12.4 Å². The van der Waals surface area contributed by atoms with E-state index in [1.54, 1.807) is 0 Å². The minimum Gasteiger partial charge on any atom is -0.325 e. The van der Waals surface area contributed by atoms with Crippen LogP contribution >= 0.6 is 11.8 Å². The summed E-state index contributed by atoms with van der Waals surface area (Å²) < 4.78 is 77.5. The number of benzene rings is 1. The number of alkyl halides is 6. The van der Waals surface area contributed by atoms with Gasteiger partial charge < -0.3 is 5.32 Å². The lowest BCUT2D eigenvalue weighted by atomic mass is 10.2. The number of rotatable bonds is 4. The molecule has 2 aromatic heterocycles. The molecule has 29 heavy (non-hydrogen) atoms. The van der Waals surface area contributed by atoms with Crippen LogP contribution in [0.5, 0.6) is 0 Å². The molecule has 1 N–H and O–H groups in total.